The fraction of sp³-hybridized carbons (Fsp3) is 0.0714. The Morgan fingerprint density at radius 2 is 1.82 bits per heavy atom. The van der Waals surface area contributed by atoms with Gasteiger partial charge in [0.15, 0.2) is 5.78 Å². The maximum Gasteiger partial charge on any atom is 0.160 e. The molecule has 3 heteroatoms. The Kier molecular flexibility index (Phi) is 3.65. The molecule has 0 unspecified atom stereocenters. The average molecular weight is 310 g/mol. The SMILES string of the molecule is CC(=O)c1cc(Br)ccc1-c1ccccc1Cl. The highest BCUT2D eigenvalue weighted by Gasteiger charge is 2.11. The van der Waals surface area contributed by atoms with E-state index < -0.39 is 0 Å². The maximum absolute atomic E-state index is 11.6. The molecule has 0 N–H and O–H groups in total. The quantitative estimate of drug-likeness (QED) is 0.716. The standard InChI is InChI=1S/C14H10BrClO/c1-9(17)13-8-10(15)6-7-11(13)12-4-2-3-5-14(12)16/h2-8H,1H3. The number of carbonyl (C=O) groups excluding carboxylic acids is 1. The van der Waals surface area contributed by atoms with E-state index >= 15 is 0 Å². The van der Waals surface area contributed by atoms with Crippen LogP contribution in [0.15, 0.2) is 46.9 Å². The summed E-state index contributed by atoms with van der Waals surface area (Å²) in [5.41, 5.74) is 2.42. The summed E-state index contributed by atoms with van der Waals surface area (Å²) in [6.45, 7) is 1.56. The van der Waals surface area contributed by atoms with Crippen molar-refractivity contribution in [2.45, 2.75) is 6.92 Å². The molecule has 0 fully saturated rings. The van der Waals surface area contributed by atoms with Crippen LogP contribution in [0.5, 0.6) is 0 Å². The summed E-state index contributed by atoms with van der Waals surface area (Å²) >= 11 is 9.52. The van der Waals surface area contributed by atoms with Crippen molar-refractivity contribution in [1.82, 2.24) is 0 Å². The highest BCUT2D eigenvalue weighted by atomic mass is 79.9. The molecule has 2 rings (SSSR count). The van der Waals surface area contributed by atoms with Crippen molar-refractivity contribution in [3.63, 3.8) is 0 Å². The van der Waals surface area contributed by atoms with Crippen LogP contribution >= 0.6 is 27.5 Å². The summed E-state index contributed by atoms with van der Waals surface area (Å²) in [5.74, 6) is 0.0289. The summed E-state index contributed by atoms with van der Waals surface area (Å²) in [6.07, 6.45) is 0. The summed E-state index contributed by atoms with van der Waals surface area (Å²) in [7, 11) is 0. The van der Waals surface area contributed by atoms with E-state index in [1.54, 1.807) is 6.92 Å². The molecule has 0 aromatic heterocycles. The zero-order chi connectivity index (χ0) is 12.4. The van der Waals surface area contributed by atoms with E-state index in [1.165, 1.54) is 0 Å². The van der Waals surface area contributed by atoms with Crippen LogP contribution in [0, 0.1) is 0 Å². The normalized spacial score (nSPS) is 10.3. The third-order valence-electron chi connectivity index (χ3n) is 2.52. The molecule has 2 aromatic carbocycles. The van der Waals surface area contributed by atoms with Gasteiger partial charge in [0, 0.05) is 20.6 Å². The molecule has 0 saturated heterocycles. The molecule has 0 aliphatic rings. The third kappa shape index (κ3) is 2.59. The van der Waals surface area contributed by atoms with Gasteiger partial charge in [-0.2, -0.15) is 0 Å². The highest BCUT2D eigenvalue weighted by Crippen LogP contribution is 2.32. The Hall–Kier alpha value is -1.12. The molecular weight excluding hydrogens is 300 g/mol. The number of hydrogen-bond acceptors (Lipinski definition) is 1. The molecule has 2 aromatic rings. The lowest BCUT2D eigenvalue weighted by Crippen LogP contribution is -1.96. The predicted molar refractivity (Wildman–Crippen MR) is 74.6 cm³/mol. The van der Waals surface area contributed by atoms with Crippen LogP contribution in [-0.2, 0) is 0 Å². The monoisotopic (exact) mass is 308 g/mol. The van der Waals surface area contributed by atoms with Crippen LogP contribution in [0.25, 0.3) is 11.1 Å². The van der Waals surface area contributed by atoms with Crippen molar-refractivity contribution in [1.29, 1.82) is 0 Å². The lowest BCUT2D eigenvalue weighted by molar-refractivity contribution is 0.101. The molecule has 0 spiro atoms. The van der Waals surface area contributed by atoms with Gasteiger partial charge in [0.05, 0.1) is 0 Å². The van der Waals surface area contributed by atoms with Crippen LogP contribution in [-0.4, -0.2) is 5.78 Å². The van der Waals surface area contributed by atoms with Crippen LogP contribution in [0.3, 0.4) is 0 Å². The third-order valence-corrected chi connectivity index (χ3v) is 3.35. The van der Waals surface area contributed by atoms with E-state index in [0.29, 0.717) is 10.6 Å². The van der Waals surface area contributed by atoms with Gasteiger partial charge in [-0.15, -0.1) is 0 Å². The molecule has 0 aliphatic heterocycles. The van der Waals surface area contributed by atoms with Gasteiger partial charge in [0.2, 0.25) is 0 Å². The van der Waals surface area contributed by atoms with Crippen LogP contribution < -0.4 is 0 Å². The van der Waals surface area contributed by atoms with E-state index in [-0.39, 0.29) is 5.78 Å². The van der Waals surface area contributed by atoms with Gasteiger partial charge in [-0.25, -0.2) is 0 Å². The van der Waals surface area contributed by atoms with E-state index in [4.69, 9.17) is 11.6 Å². The van der Waals surface area contributed by atoms with Gasteiger partial charge in [-0.1, -0.05) is 51.8 Å². The topological polar surface area (TPSA) is 17.1 Å². The zero-order valence-corrected chi connectivity index (χ0v) is 11.5. The molecule has 0 aliphatic carbocycles. The van der Waals surface area contributed by atoms with E-state index in [9.17, 15) is 4.79 Å². The Morgan fingerprint density at radius 3 is 2.47 bits per heavy atom. The molecule has 1 nitrogen and oxygen atoms in total. The molecule has 0 heterocycles. The number of rotatable bonds is 2. The maximum atomic E-state index is 11.6. The van der Waals surface area contributed by atoms with Gasteiger partial charge >= 0.3 is 0 Å². The van der Waals surface area contributed by atoms with Crippen LogP contribution in [0.4, 0.5) is 0 Å². The largest absolute Gasteiger partial charge is 0.294 e. The van der Waals surface area contributed by atoms with Gasteiger partial charge in [-0.3, -0.25) is 4.79 Å². The number of halogens is 2. The Morgan fingerprint density at radius 1 is 1.12 bits per heavy atom. The minimum atomic E-state index is 0.0289. The smallest absolute Gasteiger partial charge is 0.160 e. The number of carbonyl (C=O) groups is 1. The fourth-order valence-electron chi connectivity index (χ4n) is 1.72. The first-order chi connectivity index (χ1) is 8.09. The van der Waals surface area contributed by atoms with E-state index in [2.05, 4.69) is 15.9 Å². The number of hydrogen-bond donors (Lipinski definition) is 0. The van der Waals surface area contributed by atoms with Crippen molar-refractivity contribution in [2.75, 3.05) is 0 Å². The molecule has 17 heavy (non-hydrogen) atoms. The molecular formula is C14H10BrClO. The Bertz CT molecular complexity index is 578. The second-order valence-corrected chi connectivity index (χ2v) is 5.05. The molecule has 0 amide bonds. The molecule has 0 atom stereocenters. The second-order valence-electron chi connectivity index (χ2n) is 3.73. The highest BCUT2D eigenvalue weighted by molar-refractivity contribution is 9.10. The zero-order valence-electron chi connectivity index (χ0n) is 9.21. The van der Waals surface area contributed by atoms with Crippen molar-refractivity contribution in [2.24, 2.45) is 0 Å². The minimum Gasteiger partial charge on any atom is -0.294 e. The van der Waals surface area contributed by atoms with Crippen molar-refractivity contribution in [3.05, 3.63) is 57.5 Å². The number of ketones is 1. The van der Waals surface area contributed by atoms with Gasteiger partial charge < -0.3 is 0 Å². The van der Waals surface area contributed by atoms with Crippen molar-refractivity contribution in [3.8, 4) is 11.1 Å². The first-order valence-corrected chi connectivity index (χ1v) is 6.32. The van der Waals surface area contributed by atoms with Crippen molar-refractivity contribution < 1.29 is 4.79 Å². The average Bonchev–Trinajstić information content (AvgIpc) is 2.30. The number of Topliss-reactive ketones (excluding diaryl/α,β-unsaturated/α-hetero) is 1. The fourth-order valence-corrected chi connectivity index (χ4v) is 2.32. The van der Waals surface area contributed by atoms with E-state index in [1.807, 2.05) is 42.5 Å². The van der Waals surface area contributed by atoms with E-state index in [0.717, 1.165) is 15.6 Å². The lowest BCUT2D eigenvalue weighted by atomic mass is 9.97. The Labute approximate surface area is 114 Å². The first kappa shape index (κ1) is 12.3. The first-order valence-electron chi connectivity index (χ1n) is 5.15. The van der Waals surface area contributed by atoms with Crippen LogP contribution in [0.1, 0.15) is 17.3 Å². The van der Waals surface area contributed by atoms with Gasteiger partial charge in [0.1, 0.15) is 0 Å². The lowest BCUT2D eigenvalue weighted by Gasteiger charge is -2.09. The van der Waals surface area contributed by atoms with Crippen LogP contribution in [0.2, 0.25) is 5.02 Å². The minimum absolute atomic E-state index is 0.0289. The van der Waals surface area contributed by atoms with Crippen molar-refractivity contribution >= 4 is 33.3 Å². The van der Waals surface area contributed by atoms with Gasteiger partial charge in [0.25, 0.3) is 0 Å². The molecule has 86 valence electrons. The Balaban J connectivity index is 2.68. The predicted octanol–water partition coefficient (Wildman–Crippen LogP) is 4.97. The summed E-state index contributed by atoms with van der Waals surface area (Å²) < 4.78 is 0.888. The summed E-state index contributed by atoms with van der Waals surface area (Å²) in [4.78, 5) is 11.6. The molecule has 0 radical (unpaired) electrons. The number of benzene rings is 2. The second kappa shape index (κ2) is 5.03. The summed E-state index contributed by atoms with van der Waals surface area (Å²) in [5, 5.41) is 0.650. The molecule has 0 saturated carbocycles. The van der Waals surface area contributed by atoms with Gasteiger partial charge in [-0.05, 0) is 30.7 Å². The molecule has 0 bridgehead atoms. The summed E-state index contributed by atoms with van der Waals surface area (Å²) in [6, 6.07) is 13.2.